The molecule has 0 spiro atoms. The van der Waals surface area contributed by atoms with Gasteiger partial charge in [-0.3, -0.25) is 0 Å². The Bertz CT molecular complexity index is 584. The summed E-state index contributed by atoms with van der Waals surface area (Å²) in [6.45, 7) is 0. The van der Waals surface area contributed by atoms with E-state index in [2.05, 4.69) is 0 Å². The quantitative estimate of drug-likeness (QED) is 0.660. The minimum Gasteiger partial charge on any atom is -0.204 e. The number of hydrogen-bond donors (Lipinski definition) is 0. The summed E-state index contributed by atoms with van der Waals surface area (Å²) in [6.07, 6.45) is 1.30. The molecule has 4 heteroatoms. The van der Waals surface area contributed by atoms with Crippen molar-refractivity contribution >= 4 is 23.2 Å². The lowest BCUT2D eigenvalue weighted by Gasteiger charge is -2.15. The standard InChI is InChI=1S/C16H14Cl2F2/c17-10-12(8-13-3-1-2-4-14(13)18)7-11-5-6-15(19)16(20)9-11/h1-6,9,12H,7-8,10H2. The molecule has 1 atom stereocenters. The zero-order valence-corrected chi connectivity index (χ0v) is 12.3. The summed E-state index contributed by atoms with van der Waals surface area (Å²) >= 11 is 12.1. The molecule has 1 unspecified atom stereocenters. The summed E-state index contributed by atoms with van der Waals surface area (Å²) in [5.74, 6) is -1.10. The minimum absolute atomic E-state index is 0.126. The van der Waals surface area contributed by atoms with Crippen LogP contribution in [0.15, 0.2) is 42.5 Å². The third-order valence-electron chi connectivity index (χ3n) is 3.19. The molecule has 0 radical (unpaired) electrons. The molecule has 0 aliphatic heterocycles. The van der Waals surface area contributed by atoms with Crippen molar-refractivity contribution in [3.05, 3.63) is 70.2 Å². The molecule has 0 amide bonds. The molecule has 0 aromatic heterocycles. The van der Waals surface area contributed by atoms with E-state index in [0.717, 1.165) is 17.2 Å². The summed E-state index contributed by atoms with van der Waals surface area (Å²) in [7, 11) is 0. The van der Waals surface area contributed by atoms with E-state index in [0.29, 0.717) is 23.7 Å². The van der Waals surface area contributed by atoms with Gasteiger partial charge in [0.2, 0.25) is 0 Å². The first-order valence-corrected chi connectivity index (χ1v) is 7.24. The third kappa shape index (κ3) is 3.94. The Morgan fingerprint density at radius 1 is 0.950 bits per heavy atom. The van der Waals surface area contributed by atoms with Crippen molar-refractivity contribution in [2.75, 3.05) is 5.88 Å². The highest BCUT2D eigenvalue weighted by atomic mass is 35.5. The van der Waals surface area contributed by atoms with Gasteiger partial charge in [-0.1, -0.05) is 35.9 Å². The number of alkyl halides is 1. The highest BCUT2D eigenvalue weighted by Crippen LogP contribution is 2.22. The van der Waals surface area contributed by atoms with E-state index in [4.69, 9.17) is 23.2 Å². The number of hydrogen-bond acceptors (Lipinski definition) is 0. The highest BCUT2D eigenvalue weighted by Gasteiger charge is 2.13. The van der Waals surface area contributed by atoms with Gasteiger partial charge in [0.1, 0.15) is 0 Å². The van der Waals surface area contributed by atoms with Gasteiger partial charge in [0.05, 0.1) is 0 Å². The van der Waals surface area contributed by atoms with Gasteiger partial charge in [0.25, 0.3) is 0 Å². The average Bonchev–Trinajstić information content (AvgIpc) is 2.44. The van der Waals surface area contributed by atoms with Crippen LogP contribution in [0, 0.1) is 17.6 Å². The van der Waals surface area contributed by atoms with E-state index in [1.54, 1.807) is 6.07 Å². The van der Waals surface area contributed by atoms with Crippen molar-refractivity contribution in [1.82, 2.24) is 0 Å². The number of halogens is 4. The molecule has 0 aliphatic carbocycles. The van der Waals surface area contributed by atoms with Gasteiger partial charge in [-0.25, -0.2) is 8.78 Å². The normalized spacial score (nSPS) is 12.4. The monoisotopic (exact) mass is 314 g/mol. The second-order valence-corrected chi connectivity index (χ2v) is 5.48. The summed E-state index contributed by atoms with van der Waals surface area (Å²) in [4.78, 5) is 0. The van der Waals surface area contributed by atoms with Gasteiger partial charge in [-0.05, 0) is 48.1 Å². The van der Waals surface area contributed by atoms with E-state index < -0.39 is 11.6 Å². The first kappa shape index (κ1) is 15.3. The van der Waals surface area contributed by atoms with Crippen LogP contribution in [0.25, 0.3) is 0 Å². The van der Waals surface area contributed by atoms with Crippen LogP contribution in [0.1, 0.15) is 11.1 Å². The van der Waals surface area contributed by atoms with E-state index >= 15 is 0 Å². The SMILES string of the molecule is Fc1ccc(CC(CCl)Cc2ccccc2Cl)cc1F. The van der Waals surface area contributed by atoms with Gasteiger partial charge in [0.15, 0.2) is 11.6 Å². The Morgan fingerprint density at radius 3 is 2.35 bits per heavy atom. The molecule has 0 nitrogen and oxygen atoms in total. The molecule has 0 bridgehead atoms. The molecule has 0 heterocycles. The lowest BCUT2D eigenvalue weighted by Crippen LogP contribution is -2.11. The van der Waals surface area contributed by atoms with Crippen LogP contribution in [0.4, 0.5) is 8.78 Å². The zero-order chi connectivity index (χ0) is 14.5. The van der Waals surface area contributed by atoms with Gasteiger partial charge < -0.3 is 0 Å². The van der Waals surface area contributed by atoms with E-state index in [-0.39, 0.29) is 5.92 Å². The molecule has 0 saturated carbocycles. The topological polar surface area (TPSA) is 0 Å². The van der Waals surface area contributed by atoms with E-state index in [9.17, 15) is 8.78 Å². The molecule has 0 aliphatic rings. The van der Waals surface area contributed by atoms with E-state index in [1.807, 2.05) is 24.3 Å². The second-order valence-electron chi connectivity index (χ2n) is 4.77. The van der Waals surface area contributed by atoms with Gasteiger partial charge in [-0.15, -0.1) is 11.6 Å². The molecule has 0 N–H and O–H groups in total. The van der Waals surface area contributed by atoms with Crippen molar-refractivity contribution in [2.45, 2.75) is 12.8 Å². The van der Waals surface area contributed by atoms with Crippen LogP contribution in [-0.4, -0.2) is 5.88 Å². The van der Waals surface area contributed by atoms with Crippen LogP contribution in [0.2, 0.25) is 5.02 Å². The Hall–Kier alpha value is -1.12. The Balaban J connectivity index is 2.09. The average molecular weight is 315 g/mol. The smallest absolute Gasteiger partial charge is 0.159 e. The van der Waals surface area contributed by atoms with Gasteiger partial charge in [-0.2, -0.15) is 0 Å². The first-order valence-electron chi connectivity index (χ1n) is 6.33. The summed E-state index contributed by atoms with van der Waals surface area (Å²) in [5.41, 5.74) is 1.75. The van der Waals surface area contributed by atoms with Gasteiger partial charge >= 0.3 is 0 Å². The maximum atomic E-state index is 13.2. The van der Waals surface area contributed by atoms with Gasteiger partial charge in [0, 0.05) is 10.9 Å². The van der Waals surface area contributed by atoms with Crippen LogP contribution in [0.3, 0.4) is 0 Å². The first-order chi connectivity index (χ1) is 9.60. The number of rotatable bonds is 5. The maximum absolute atomic E-state index is 13.2. The fraction of sp³-hybridized carbons (Fsp3) is 0.250. The molecule has 20 heavy (non-hydrogen) atoms. The Labute approximate surface area is 127 Å². The van der Waals surface area contributed by atoms with Crippen LogP contribution in [0.5, 0.6) is 0 Å². The largest absolute Gasteiger partial charge is 0.204 e. The van der Waals surface area contributed by atoms with Crippen LogP contribution >= 0.6 is 23.2 Å². The maximum Gasteiger partial charge on any atom is 0.159 e. The Kier molecular flexibility index (Phi) is 5.38. The van der Waals surface area contributed by atoms with Crippen molar-refractivity contribution < 1.29 is 8.78 Å². The van der Waals surface area contributed by atoms with Crippen molar-refractivity contribution in [3.63, 3.8) is 0 Å². The van der Waals surface area contributed by atoms with Crippen LogP contribution < -0.4 is 0 Å². The highest BCUT2D eigenvalue weighted by molar-refractivity contribution is 6.31. The predicted molar refractivity (Wildman–Crippen MR) is 79.4 cm³/mol. The van der Waals surface area contributed by atoms with Crippen molar-refractivity contribution in [2.24, 2.45) is 5.92 Å². The summed E-state index contributed by atoms with van der Waals surface area (Å²) < 4.78 is 26.1. The molecule has 0 fully saturated rings. The fourth-order valence-electron chi connectivity index (χ4n) is 2.16. The lowest BCUT2D eigenvalue weighted by atomic mass is 9.94. The van der Waals surface area contributed by atoms with Crippen molar-refractivity contribution in [3.8, 4) is 0 Å². The molecule has 2 aromatic rings. The van der Waals surface area contributed by atoms with E-state index in [1.165, 1.54) is 6.07 Å². The lowest BCUT2D eigenvalue weighted by molar-refractivity contribution is 0.503. The second kappa shape index (κ2) is 7.05. The molecular formula is C16H14Cl2F2. The van der Waals surface area contributed by atoms with Crippen LogP contribution in [-0.2, 0) is 12.8 Å². The summed E-state index contributed by atoms with van der Waals surface area (Å²) in [6, 6.07) is 11.5. The molecular weight excluding hydrogens is 301 g/mol. The number of benzene rings is 2. The fourth-order valence-corrected chi connectivity index (χ4v) is 2.59. The van der Waals surface area contributed by atoms with Crippen molar-refractivity contribution in [1.29, 1.82) is 0 Å². The molecule has 2 rings (SSSR count). The summed E-state index contributed by atoms with van der Waals surface area (Å²) in [5, 5.41) is 0.702. The Morgan fingerprint density at radius 2 is 1.70 bits per heavy atom. The zero-order valence-electron chi connectivity index (χ0n) is 10.8. The molecule has 2 aromatic carbocycles. The predicted octanol–water partition coefficient (Wildman–Crippen LogP) is 5.26. The minimum atomic E-state index is -0.831. The molecule has 106 valence electrons. The third-order valence-corrected chi connectivity index (χ3v) is 4.00. The molecule has 0 saturated heterocycles.